The Morgan fingerprint density at radius 3 is 2.89 bits per heavy atom. The van der Waals surface area contributed by atoms with E-state index in [0.717, 1.165) is 19.0 Å². The molecule has 18 heavy (non-hydrogen) atoms. The molecule has 1 fully saturated rings. The summed E-state index contributed by atoms with van der Waals surface area (Å²) in [6, 6.07) is 0. The van der Waals surface area contributed by atoms with Crippen LogP contribution in [-0.4, -0.2) is 36.6 Å². The second-order valence-electron chi connectivity index (χ2n) is 6.32. The molecule has 0 bridgehead atoms. The first-order chi connectivity index (χ1) is 8.49. The number of likely N-dealkylation sites (tertiary alicyclic amines) is 1. The Morgan fingerprint density at radius 1 is 1.50 bits per heavy atom. The fourth-order valence-corrected chi connectivity index (χ4v) is 3.45. The minimum absolute atomic E-state index is 0.232. The first kappa shape index (κ1) is 14.0. The van der Waals surface area contributed by atoms with Gasteiger partial charge in [0.15, 0.2) is 0 Å². The molecule has 1 atom stereocenters. The molecule has 1 aliphatic rings. The molecule has 1 aliphatic heterocycles. The minimum Gasteiger partial charge on any atom is -0.319 e. The van der Waals surface area contributed by atoms with Crippen LogP contribution in [0.1, 0.15) is 37.1 Å². The standard InChI is InChI=1S/C14H25N3S/c1-14(2,3)12-8-16-13(18-12)10-17-6-5-11(9-17)7-15-4/h8,11,15H,5-7,9-10H2,1-4H3. The monoisotopic (exact) mass is 267 g/mol. The molecule has 1 saturated heterocycles. The Kier molecular flexibility index (Phi) is 4.41. The van der Waals surface area contributed by atoms with E-state index in [9.17, 15) is 0 Å². The van der Waals surface area contributed by atoms with Crippen molar-refractivity contribution in [2.75, 3.05) is 26.7 Å². The lowest BCUT2D eigenvalue weighted by Crippen LogP contribution is -2.24. The minimum atomic E-state index is 0.232. The largest absolute Gasteiger partial charge is 0.319 e. The maximum atomic E-state index is 4.58. The summed E-state index contributed by atoms with van der Waals surface area (Å²) in [4.78, 5) is 8.51. The van der Waals surface area contributed by atoms with Gasteiger partial charge in [0.25, 0.3) is 0 Å². The van der Waals surface area contributed by atoms with Crippen LogP contribution >= 0.6 is 11.3 Å². The Balaban J connectivity index is 1.89. The first-order valence-corrected chi connectivity index (χ1v) is 7.63. The maximum Gasteiger partial charge on any atom is 0.107 e. The van der Waals surface area contributed by atoms with Crippen molar-refractivity contribution in [1.29, 1.82) is 0 Å². The third-order valence-corrected chi connectivity index (χ3v) is 4.92. The summed E-state index contributed by atoms with van der Waals surface area (Å²) in [6.07, 6.45) is 3.37. The van der Waals surface area contributed by atoms with Crippen LogP contribution in [0, 0.1) is 5.92 Å². The highest BCUT2D eigenvalue weighted by molar-refractivity contribution is 7.11. The molecular weight excluding hydrogens is 242 g/mol. The molecule has 102 valence electrons. The number of thiazole rings is 1. The molecule has 0 aliphatic carbocycles. The van der Waals surface area contributed by atoms with Crippen LogP contribution in [0.4, 0.5) is 0 Å². The van der Waals surface area contributed by atoms with E-state index < -0.39 is 0 Å². The van der Waals surface area contributed by atoms with Crippen LogP contribution in [0.2, 0.25) is 0 Å². The summed E-state index contributed by atoms with van der Waals surface area (Å²) in [5.74, 6) is 0.817. The van der Waals surface area contributed by atoms with E-state index in [2.05, 4.69) is 42.2 Å². The molecule has 4 heteroatoms. The number of rotatable bonds is 4. The summed E-state index contributed by atoms with van der Waals surface area (Å²) in [5, 5.41) is 4.55. The fraction of sp³-hybridized carbons (Fsp3) is 0.786. The number of hydrogen-bond acceptors (Lipinski definition) is 4. The van der Waals surface area contributed by atoms with E-state index in [0.29, 0.717) is 0 Å². The molecule has 0 spiro atoms. The van der Waals surface area contributed by atoms with Gasteiger partial charge in [-0.2, -0.15) is 0 Å². The molecule has 0 radical (unpaired) electrons. The van der Waals surface area contributed by atoms with Gasteiger partial charge in [0.1, 0.15) is 5.01 Å². The lowest BCUT2D eigenvalue weighted by molar-refractivity contribution is 0.315. The third-order valence-electron chi connectivity index (χ3n) is 3.51. The smallest absolute Gasteiger partial charge is 0.107 e. The third kappa shape index (κ3) is 3.53. The quantitative estimate of drug-likeness (QED) is 0.908. The predicted molar refractivity (Wildman–Crippen MR) is 78.1 cm³/mol. The zero-order valence-corrected chi connectivity index (χ0v) is 12.8. The van der Waals surface area contributed by atoms with Crippen molar-refractivity contribution >= 4 is 11.3 Å². The van der Waals surface area contributed by atoms with Gasteiger partial charge in [-0.05, 0) is 37.9 Å². The predicted octanol–water partition coefficient (Wildman–Crippen LogP) is 2.48. The van der Waals surface area contributed by atoms with Gasteiger partial charge >= 0.3 is 0 Å². The number of hydrogen-bond donors (Lipinski definition) is 1. The van der Waals surface area contributed by atoms with E-state index in [1.807, 2.05) is 18.4 Å². The average Bonchev–Trinajstić information content (AvgIpc) is 2.88. The Labute approximate surface area is 115 Å². The zero-order chi connectivity index (χ0) is 13.2. The highest BCUT2D eigenvalue weighted by Gasteiger charge is 2.23. The van der Waals surface area contributed by atoms with Crippen molar-refractivity contribution in [2.24, 2.45) is 5.92 Å². The topological polar surface area (TPSA) is 28.2 Å². The summed E-state index contributed by atoms with van der Waals surface area (Å²) >= 11 is 1.87. The van der Waals surface area contributed by atoms with Gasteiger partial charge < -0.3 is 5.32 Å². The normalized spacial score (nSPS) is 21.7. The van der Waals surface area contributed by atoms with Crippen LogP contribution in [-0.2, 0) is 12.0 Å². The second-order valence-corrected chi connectivity index (χ2v) is 7.43. The van der Waals surface area contributed by atoms with Crippen LogP contribution < -0.4 is 5.32 Å². The summed E-state index contributed by atoms with van der Waals surface area (Å²) in [5.41, 5.74) is 0.232. The van der Waals surface area contributed by atoms with E-state index >= 15 is 0 Å². The molecule has 0 aromatic carbocycles. The number of nitrogens with zero attached hydrogens (tertiary/aromatic N) is 2. The summed E-state index contributed by atoms with van der Waals surface area (Å²) in [7, 11) is 2.04. The lowest BCUT2D eigenvalue weighted by atomic mass is 9.96. The Bertz CT molecular complexity index is 381. The maximum absolute atomic E-state index is 4.58. The van der Waals surface area contributed by atoms with E-state index in [1.165, 1.54) is 29.4 Å². The van der Waals surface area contributed by atoms with Crippen molar-refractivity contribution in [1.82, 2.24) is 15.2 Å². The van der Waals surface area contributed by atoms with Crippen molar-refractivity contribution in [3.63, 3.8) is 0 Å². The van der Waals surface area contributed by atoms with Gasteiger partial charge in [0, 0.05) is 17.6 Å². The fourth-order valence-electron chi connectivity index (χ4n) is 2.43. The lowest BCUT2D eigenvalue weighted by Gasteiger charge is -2.15. The molecule has 1 unspecified atom stereocenters. The number of nitrogens with one attached hydrogen (secondary N) is 1. The molecule has 1 N–H and O–H groups in total. The van der Waals surface area contributed by atoms with Gasteiger partial charge in [-0.3, -0.25) is 4.90 Å². The number of aromatic nitrogens is 1. The average molecular weight is 267 g/mol. The molecule has 1 aromatic heterocycles. The molecule has 0 saturated carbocycles. The van der Waals surface area contributed by atoms with Crippen molar-refractivity contribution < 1.29 is 0 Å². The van der Waals surface area contributed by atoms with E-state index in [4.69, 9.17) is 0 Å². The molecular formula is C14H25N3S. The molecule has 0 amide bonds. The van der Waals surface area contributed by atoms with Crippen molar-refractivity contribution in [2.45, 2.75) is 39.2 Å². The van der Waals surface area contributed by atoms with Crippen molar-refractivity contribution in [3.8, 4) is 0 Å². The molecule has 1 aromatic rings. The van der Waals surface area contributed by atoms with Gasteiger partial charge in [-0.25, -0.2) is 4.98 Å². The molecule has 2 rings (SSSR count). The van der Waals surface area contributed by atoms with Crippen LogP contribution in [0.25, 0.3) is 0 Å². The highest BCUT2D eigenvalue weighted by atomic mass is 32.1. The van der Waals surface area contributed by atoms with E-state index in [-0.39, 0.29) is 5.41 Å². The first-order valence-electron chi connectivity index (χ1n) is 6.81. The van der Waals surface area contributed by atoms with Gasteiger partial charge in [0.05, 0.1) is 6.54 Å². The van der Waals surface area contributed by atoms with Gasteiger partial charge in [-0.15, -0.1) is 11.3 Å². The summed E-state index contributed by atoms with van der Waals surface area (Å²) in [6.45, 7) is 11.4. The van der Waals surface area contributed by atoms with Gasteiger partial charge in [-0.1, -0.05) is 20.8 Å². The highest BCUT2D eigenvalue weighted by Crippen LogP contribution is 2.29. The Hall–Kier alpha value is -0.450. The zero-order valence-electron chi connectivity index (χ0n) is 12.0. The van der Waals surface area contributed by atoms with E-state index in [1.54, 1.807) is 0 Å². The Morgan fingerprint density at radius 2 is 2.28 bits per heavy atom. The summed E-state index contributed by atoms with van der Waals surface area (Å²) < 4.78 is 0. The van der Waals surface area contributed by atoms with Crippen LogP contribution in [0.15, 0.2) is 6.20 Å². The SMILES string of the molecule is CNCC1CCN(Cc2ncc(C(C)(C)C)s2)C1. The molecule has 3 nitrogen and oxygen atoms in total. The van der Waals surface area contributed by atoms with Gasteiger partial charge in [0.2, 0.25) is 0 Å². The van der Waals surface area contributed by atoms with Crippen molar-refractivity contribution in [3.05, 3.63) is 16.1 Å². The van der Waals surface area contributed by atoms with Crippen LogP contribution in [0.3, 0.4) is 0 Å². The second kappa shape index (κ2) is 5.68. The molecule has 2 heterocycles. The van der Waals surface area contributed by atoms with Crippen LogP contribution in [0.5, 0.6) is 0 Å².